The molecule has 0 heterocycles. The molecule has 0 atom stereocenters. The molecule has 108 valence electrons. The van der Waals surface area contributed by atoms with Gasteiger partial charge in [0.1, 0.15) is 5.75 Å². The summed E-state index contributed by atoms with van der Waals surface area (Å²) in [5, 5.41) is 0. The highest BCUT2D eigenvalue weighted by Crippen LogP contribution is 2.21. The molecule has 1 aromatic rings. The number of nitrogens with one attached hydrogen (secondary N) is 1. The molecule has 1 aromatic carbocycles. The van der Waals surface area contributed by atoms with Gasteiger partial charge in [-0.1, -0.05) is 4.89 Å². The second-order valence-electron chi connectivity index (χ2n) is 3.62. The summed E-state index contributed by atoms with van der Waals surface area (Å²) in [6.45, 7) is -0.101. The zero-order valence-corrected chi connectivity index (χ0v) is 10.9. The molecule has 0 saturated carbocycles. The summed E-state index contributed by atoms with van der Waals surface area (Å²) >= 11 is 0. The molecule has 0 aliphatic carbocycles. The average molecular weight is 299 g/mol. The van der Waals surface area contributed by atoms with Gasteiger partial charge in [0.2, 0.25) is 0 Å². The molecule has 9 heteroatoms. The van der Waals surface area contributed by atoms with Gasteiger partial charge in [-0.25, -0.2) is 8.42 Å². The molecular weight excluding hydrogens is 287 g/mol. The first-order valence-corrected chi connectivity index (χ1v) is 6.49. The molecule has 1 N–H and O–H groups in total. The summed E-state index contributed by atoms with van der Waals surface area (Å²) in [6.07, 6.45) is -4.61. The Morgan fingerprint density at radius 2 is 1.95 bits per heavy atom. The summed E-state index contributed by atoms with van der Waals surface area (Å²) in [7, 11) is -2.74. The predicted molar refractivity (Wildman–Crippen MR) is 60.1 cm³/mol. The molecule has 19 heavy (non-hydrogen) atoms. The zero-order chi connectivity index (χ0) is 14.7. The number of methoxy groups -OCH3 is 1. The Kier molecular flexibility index (Phi) is 4.77. The van der Waals surface area contributed by atoms with E-state index in [0.717, 1.165) is 0 Å². The molecule has 0 spiro atoms. The van der Waals surface area contributed by atoms with E-state index in [2.05, 4.69) is 4.84 Å². The lowest BCUT2D eigenvalue weighted by Gasteiger charge is -2.10. The van der Waals surface area contributed by atoms with Gasteiger partial charge in [0, 0.05) is 0 Å². The first-order valence-electron chi connectivity index (χ1n) is 5.01. The molecule has 0 aromatic heterocycles. The van der Waals surface area contributed by atoms with Crippen molar-refractivity contribution in [2.75, 3.05) is 13.7 Å². The van der Waals surface area contributed by atoms with Crippen molar-refractivity contribution in [3.8, 4) is 5.75 Å². The monoisotopic (exact) mass is 299 g/mol. The van der Waals surface area contributed by atoms with Crippen molar-refractivity contribution in [1.29, 1.82) is 0 Å². The Balaban J connectivity index is 2.80. The summed E-state index contributed by atoms with van der Waals surface area (Å²) < 4.78 is 63.7. The Labute approximate surface area is 108 Å². The highest BCUT2D eigenvalue weighted by molar-refractivity contribution is 7.89. The number of alkyl halides is 3. The number of rotatable bonds is 5. The van der Waals surface area contributed by atoms with Gasteiger partial charge in [-0.05, 0) is 30.7 Å². The molecule has 0 aliphatic rings. The SMILES string of the molecule is COc1ccc(S(=O)(=O)NOCC(F)(F)F)cc1C. The van der Waals surface area contributed by atoms with Crippen molar-refractivity contribution in [1.82, 2.24) is 4.89 Å². The Morgan fingerprint density at radius 1 is 1.32 bits per heavy atom. The number of halogens is 3. The average Bonchev–Trinajstić information content (AvgIpc) is 2.26. The maximum absolute atomic E-state index is 11.8. The Hall–Kier alpha value is -1.32. The molecule has 0 bridgehead atoms. The first kappa shape index (κ1) is 15.7. The molecule has 0 saturated heterocycles. The molecule has 0 radical (unpaired) electrons. The summed E-state index contributed by atoms with van der Waals surface area (Å²) in [5.74, 6) is 0.468. The highest BCUT2D eigenvalue weighted by atomic mass is 32.2. The van der Waals surface area contributed by atoms with Gasteiger partial charge in [0.25, 0.3) is 10.0 Å². The van der Waals surface area contributed by atoms with E-state index in [0.29, 0.717) is 11.3 Å². The number of benzene rings is 1. The van der Waals surface area contributed by atoms with Gasteiger partial charge in [-0.3, -0.25) is 4.84 Å². The normalized spacial score (nSPS) is 12.5. The van der Waals surface area contributed by atoms with Crippen molar-refractivity contribution in [3.05, 3.63) is 23.8 Å². The van der Waals surface area contributed by atoms with E-state index in [-0.39, 0.29) is 4.90 Å². The molecule has 5 nitrogen and oxygen atoms in total. The lowest BCUT2D eigenvalue weighted by molar-refractivity contribution is -0.181. The molecular formula is C10H12F3NO4S. The van der Waals surface area contributed by atoms with Crippen LogP contribution in [-0.2, 0) is 14.9 Å². The van der Waals surface area contributed by atoms with Crippen LogP contribution < -0.4 is 9.62 Å². The van der Waals surface area contributed by atoms with E-state index in [9.17, 15) is 21.6 Å². The minimum absolute atomic E-state index is 0.215. The topological polar surface area (TPSA) is 64.6 Å². The van der Waals surface area contributed by atoms with Gasteiger partial charge in [-0.15, -0.1) is 0 Å². The van der Waals surface area contributed by atoms with Crippen LogP contribution >= 0.6 is 0 Å². The van der Waals surface area contributed by atoms with Crippen molar-refractivity contribution >= 4 is 10.0 Å². The molecule has 0 fully saturated rings. The van der Waals surface area contributed by atoms with E-state index in [1.165, 1.54) is 30.2 Å². The van der Waals surface area contributed by atoms with Crippen molar-refractivity contribution in [3.63, 3.8) is 0 Å². The van der Waals surface area contributed by atoms with Gasteiger partial charge >= 0.3 is 6.18 Å². The third kappa shape index (κ3) is 4.69. The zero-order valence-electron chi connectivity index (χ0n) is 10.1. The van der Waals surface area contributed by atoms with Crippen LogP contribution in [0.4, 0.5) is 13.2 Å². The number of sulfonamides is 1. The van der Waals surface area contributed by atoms with E-state index < -0.39 is 22.8 Å². The standard InChI is InChI=1S/C10H12F3NO4S/c1-7-5-8(3-4-9(7)17-2)19(15,16)14-18-6-10(11,12)13/h3-5,14H,6H2,1-2H3. The quantitative estimate of drug-likeness (QED) is 0.842. The Morgan fingerprint density at radius 3 is 2.42 bits per heavy atom. The predicted octanol–water partition coefficient (Wildman–Crippen LogP) is 1.78. The molecule has 1 rings (SSSR count). The van der Waals surface area contributed by atoms with Crippen LogP contribution in [0.15, 0.2) is 23.1 Å². The second-order valence-corrected chi connectivity index (χ2v) is 5.27. The fourth-order valence-electron chi connectivity index (χ4n) is 1.26. The summed E-state index contributed by atoms with van der Waals surface area (Å²) in [4.78, 5) is 5.11. The third-order valence-corrected chi connectivity index (χ3v) is 3.29. The summed E-state index contributed by atoms with van der Waals surface area (Å²) in [6, 6.07) is 3.86. The second kappa shape index (κ2) is 5.76. The first-order chi connectivity index (χ1) is 8.65. The van der Waals surface area contributed by atoms with Gasteiger partial charge in [0.15, 0.2) is 6.61 Å². The summed E-state index contributed by atoms with van der Waals surface area (Å²) in [5.41, 5.74) is 0.529. The van der Waals surface area contributed by atoms with E-state index in [4.69, 9.17) is 4.74 Å². The number of hydrogen-bond donors (Lipinski definition) is 1. The lowest BCUT2D eigenvalue weighted by atomic mass is 10.2. The van der Waals surface area contributed by atoms with Crippen LogP contribution in [0.2, 0.25) is 0 Å². The van der Waals surface area contributed by atoms with Gasteiger partial charge in [-0.2, -0.15) is 13.2 Å². The van der Waals surface area contributed by atoms with Crippen molar-refractivity contribution in [2.24, 2.45) is 0 Å². The van der Waals surface area contributed by atoms with Crippen LogP contribution in [0.1, 0.15) is 5.56 Å². The van der Waals surface area contributed by atoms with Crippen molar-refractivity contribution in [2.45, 2.75) is 18.0 Å². The molecule has 0 amide bonds. The maximum atomic E-state index is 11.8. The highest BCUT2D eigenvalue weighted by Gasteiger charge is 2.29. The van der Waals surface area contributed by atoms with E-state index >= 15 is 0 Å². The van der Waals surface area contributed by atoms with Crippen LogP contribution in [0, 0.1) is 6.92 Å². The van der Waals surface area contributed by atoms with Crippen LogP contribution in [0.3, 0.4) is 0 Å². The number of hydrogen-bond acceptors (Lipinski definition) is 4. The smallest absolute Gasteiger partial charge is 0.413 e. The minimum Gasteiger partial charge on any atom is -0.496 e. The molecule has 0 aliphatic heterocycles. The van der Waals surface area contributed by atoms with Crippen LogP contribution in [0.5, 0.6) is 5.75 Å². The molecule has 0 unspecified atom stereocenters. The lowest BCUT2D eigenvalue weighted by Crippen LogP contribution is -2.29. The van der Waals surface area contributed by atoms with Crippen LogP contribution in [-0.4, -0.2) is 28.3 Å². The number of ether oxygens (including phenoxy) is 1. The van der Waals surface area contributed by atoms with Crippen molar-refractivity contribution < 1.29 is 31.2 Å². The third-order valence-electron chi connectivity index (χ3n) is 2.08. The largest absolute Gasteiger partial charge is 0.496 e. The number of aryl methyl sites for hydroxylation is 1. The van der Waals surface area contributed by atoms with Crippen LogP contribution in [0.25, 0.3) is 0 Å². The Bertz CT molecular complexity index is 542. The minimum atomic E-state index is -4.61. The maximum Gasteiger partial charge on any atom is 0.413 e. The van der Waals surface area contributed by atoms with Gasteiger partial charge < -0.3 is 4.74 Å². The fourth-order valence-corrected chi connectivity index (χ4v) is 2.14. The van der Waals surface area contributed by atoms with E-state index in [1.54, 1.807) is 6.92 Å². The van der Waals surface area contributed by atoms with E-state index in [1.807, 2.05) is 0 Å². The fraction of sp³-hybridized carbons (Fsp3) is 0.400. The van der Waals surface area contributed by atoms with Gasteiger partial charge in [0.05, 0.1) is 12.0 Å².